The van der Waals surface area contributed by atoms with Gasteiger partial charge in [-0.05, 0) is 25.1 Å². The van der Waals surface area contributed by atoms with Gasteiger partial charge < -0.3 is 10.1 Å². The molecule has 6 nitrogen and oxygen atoms in total. The van der Waals surface area contributed by atoms with Crippen LogP contribution in [0.25, 0.3) is 0 Å². The van der Waals surface area contributed by atoms with Gasteiger partial charge in [0.05, 0.1) is 18.9 Å². The lowest BCUT2D eigenvalue weighted by Crippen LogP contribution is -2.35. The van der Waals surface area contributed by atoms with Crippen LogP contribution < -0.4 is 5.32 Å². The first-order chi connectivity index (χ1) is 10.8. The molecule has 0 fully saturated rings. The van der Waals surface area contributed by atoms with Gasteiger partial charge in [0.25, 0.3) is 5.91 Å². The van der Waals surface area contributed by atoms with E-state index in [9.17, 15) is 18.4 Å². The second-order valence-corrected chi connectivity index (χ2v) is 4.86. The quantitative estimate of drug-likeness (QED) is 0.869. The lowest BCUT2D eigenvalue weighted by molar-refractivity contribution is -0.143. The first-order valence-corrected chi connectivity index (χ1v) is 6.67. The van der Waals surface area contributed by atoms with Gasteiger partial charge in [0, 0.05) is 18.3 Å². The van der Waals surface area contributed by atoms with E-state index in [-0.39, 0.29) is 11.1 Å². The number of rotatable bonds is 4. The Morgan fingerprint density at radius 1 is 1.35 bits per heavy atom. The van der Waals surface area contributed by atoms with Crippen LogP contribution in [0.2, 0.25) is 0 Å². The summed E-state index contributed by atoms with van der Waals surface area (Å²) in [5, 5.41) is 6.27. The van der Waals surface area contributed by atoms with Gasteiger partial charge in [-0.25, -0.2) is 13.6 Å². The maximum Gasteiger partial charge on any atom is 0.333 e. The molecule has 0 bridgehead atoms. The summed E-state index contributed by atoms with van der Waals surface area (Å²) in [6.45, 7) is 1.66. The highest BCUT2D eigenvalue weighted by Gasteiger charge is 2.28. The molecule has 122 valence electrons. The van der Waals surface area contributed by atoms with Crippen molar-refractivity contribution in [2.45, 2.75) is 13.0 Å². The van der Waals surface area contributed by atoms with Gasteiger partial charge in [-0.3, -0.25) is 9.48 Å². The summed E-state index contributed by atoms with van der Waals surface area (Å²) in [5.41, 5.74) is 0.468. The lowest BCUT2D eigenvalue weighted by atomic mass is 10.1. The third kappa shape index (κ3) is 3.36. The Morgan fingerprint density at radius 3 is 2.61 bits per heavy atom. The van der Waals surface area contributed by atoms with Crippen molar-refractivity contribution in [1.82, 2.24) is 15.1 Å². The van der Waals surface area contributed by atoms with Crippen molar-refractivity contribution in [1.29, 1.82) is 0 Å². The number of benzene rings is 1. The minimum Gasteiger partial charge on any atom is -0.467 e. The smallest absolute Gasteiger partial charge is 0.333 e. The molecule has 1 heterocycles. The summed E-state index contributed by atoms with van der Waals surface area (Å²) in [6, 6.07) is 1.16. The van der Waals surface area contributed by atoms with E-state index >= 15 is 0 Å². The van der Waals surface area contributed by atoms with E-state index in [2.05, 4.69) is 15.2 Å². The van der Waals surface area contributed by atoms with Crippen molar-refractivity contribution in [3.63, 3.8) is 0 Å². The largest absolute Gasteiger partial charge is 0.467 e. The van der Waals surface area contributed by atoms with Crippen LogP contribution in [0.1, 0.15) is 27.7 Å². The van der Waals surface area contributed by atoms with Crippen molar-refractivity contribution in [3.05, 3.63) is 52.9 Å². The number of aromatic nitrogens is 2. The maximum atomic E-state index is 13.9. The number of nitrogens with one attached hydrogen (secondary N) is 1. The number of ether oxygens (including phenoxy) is 1. The average molecular weight is 323 g/mol. The number of aryl methyl sites for hydroxylation is 1. The van der Waals surface area contributed by atoms with Crippen LogP contribution >= 0.6 is 0 Å². The van der Waals surface area contributed by atoms with Crippen molar-refractivity contribution in [3.8, 4) is 0 Å². The number of methoxy groups -OCH3 is 1. The zero-order valence-electron chi connectivity index (χ0n) is 12.8. The summed E-state index contributed by atoms with van der Waals surface area (Å²) in [6.07, 6.45) is 1.32. The Bertz CT molecular complexity index is 758. The first kappa shape index (κ1) is 16.6. The Balaban J connectivity index is 2.37. The van der Waals surface area contributed by atoms with Gasteiger partial charge in [-0.15, -0.1) is 0 Å². The number of hydrogen-bond donors (Lipinski definition) is 1. The van der Waals surface area contributed by atoms with Gasteiger partial charge in [0.2, 0.25) is 0 Å². The summed E-state index contributed by atoms with van der Waals surface area (Å²) in [4.78, 5) is 24.2. The average Bonchev–Trinajstić information content (AvgIpc) is 2.86. The third-order valence-electron chi connectivity index (χ3n) is 3.46. The Labute approximate surface area is 131 Å². The second kappa shape index (κ2) is 6.55. The molecule has 8 heteroatoms. The fourth-order valence-corrected chi connectivity index (χ4v) is 2.05. The first-order valence-electron chi connectivity index (χ1n) is 6.67. The summed E-state index contributed by atoms with van der Waals surface area (Å²) in [5.74, 6) is -3.12. The van der Waals surface area contributed by atoms with Crippen LogP contribution in [0, 0.1) is 18.6 Å². The predicted molar refractivity (Wildman–Crippen MR) is 76.5 cm³/mol. The molecular weight excluding hydrogens is 308 g/mol. The molecular formula is C15H15F2N3O3. The number of halogens is 2. The molecule has 0 spiro atoms. The third-order valence-corrected chi connectivity index (χ3v) is 3.46. The molecule has 2 rings (SSSR count). The molecule has 2 aromatic rings. The van der Waals surface area contributed by atoms with E-state index < -0.39 is 29.6 Å². The van der Waals surface area contributed by atoms with Gasteiger partial charge >= 0.3 is 5.97 Å². The van der Waals surface area contributed by atoms with Crippen LogP contribution in [-0.2, 0) is 16.6 Å². The molecule has 0 saturated heterocycles. The van der Waals surface area contributed by atoms with E-state index in [0.29, 0.717) is 5.69 Å². The zero-order chi connectivity index (χ0) is 17.1. The SMILES string of the molecule is COC(=O)[C@@H](NC(=O)c1cnn(C)c1C)c1cc(F)ccc1F. The molecule has 23 heavy (non-hydrogen) atoms. The fraction of sp³-hybridized carbons (Fsp3) is 0.267. The fourth-order valence-electron chi connectivity index (χ4n) is 2.05. The van der Waals surface area contributed by atoms with Gasteiger partial charge in [-0.2, -0.15) is 5.10 Å². The van der Waals surface area contributed by atoms with Crippen LogP contribution in [0.15, 0.2) is 24.4 Å². The molecule has 0 saturated carbocycles. The minimum absolute atomic E-state index is 0.221. The van der Waals surface area contributed by atoms with Crippen LogP contribution in [0.3, 0.4) is 0 Å². The van der Waals surface area contributed by atoms with E-state index in [1.165, 1.54) is 10.9 Å². The summed E-state index contributed by atoms with van der Waals surface area (Å²) >= 11 is 0. The normalized spacial score (nSPS) is 11.9. The highest BCUT2D eigenvalue weighted by atomic mass is 19.1. The monoisotopic (exact) mass is 323 g/mol. The van der Waals surface area contributed by atoms with Crippen molar-refractivity contribution in [2.75, 3.05) is 7.11 Å². The minimum atomic E-state index is -1.47. The Morgan fingerprint density at radius 2 is 2.04 bits per heavy atom. The number of nitrogens with zero attached hydrogens (tertiary/aromatic N) is 2. The van der Waals surface area contributed by atoms with Crippen LogP contribution in [0.5, 0.6) is 0 Å². The molecule has 0 aliphatic carbocycles. The molecule has 0 aliphatic rings. The Kier molecular flexibility index (Phi) is 4.73. The van der Waals surface area contributed by atoms with Crippen LogP contribution in [0.4, 0.5) is 8.78 Å². The molecule has 1 atom stereocenters. The van der Waals surface area contributed by atoms with Gasteiger partial charge in [0.1, 0.15) is 11.6 Å². The predicted octanol–water partition coefficient (Wildman–Crippen LogP) is 1.65. The topological polar surface area (TPSA) is 73.2 Å². The molecule has 0 aliphatic heterocycles. The summed E-state index contributed by atoms with van der Waals surface area (Å²) < 4.78 is 33.3. The molecule has 1 aromatic carbocycles. The van der Waals surface area contributed by atoms with Gasteiger partial charge in [0.15, 0.2) is 6.04 Å². The van der Waals surface area contributed by atoms with E-state index in [0.717, 1.165) is 25.3 Å². The number of esters is 1. The van der Waals surface area contributed by atoms with Crippen molar-refractivity contribution < 1.29 is 23.1 Å². The number of carbonyl (C=O) groups excluding carboxylic acids is 2. The van der Waals surface area contributed by atoms with Crippen molar-refractivity contribution >= 4 is 11.9 Å². The molecule has 1 amide bonds. The Hall–Kier alpha value is -2.77. The second-order valence-electron chi connectivity index (χ2n) is 4.86. The molecule has 1 aromatic heterocycles. The number of carbonyl (C=O) groups is 2. The molecule has 0 unspecified atom stereocenters. The zero-order valence-corrected chi connectivity index (χ0v) is 12.8. The highest BCUT2D eigenvalue weighted by Crippen LogP contribution is 2.21. The maximum absolute atomic E-state index is 13.9. The van der Waals surface area contributed by atoms with Crippen molar-refractivity contribution in [2.24, 2.45) is 7.05 Å². The summed E-state index contributed by atoms with van der Waals surface area (Å²) in [7, 11) is 2.74. The van der Waals surface area contributed by atoms with E-state index in [1.807, 2.05) is 0 Å². The van der Waals surface area contributed by atoms with E-state index in [4.69, 9.17) is 0 Å². The molecule has 1 N–H and O–H groups in total. The van der Waals surface area contributed by atoms with E-state index in [1.54, 1.807) is 14.0 Å². The standard InChI is InChI=1S/C15H15F2N3O3/c1-8-11(7-18-20(8)2)14(21)19-13(15(22)23-3)10-6-9(16)4-5-12(10)17/h4-7,13H,1-3H3,(H,19,21)/t13-/m0/s1. The van der Waals surface area contributed by atoms with Gasteiger partial charge in [-0.1, -0.05) is 0 Å². The van der Waals surface area contributed by atoms with Crippen LogP contribution in [-0.4, -0.2) is 28.8 Å². The highest BCUT2D eigenvalue weighted by molar-refractivity contribution is 5.97. The lowest BCUT2D eigenvalue weighted by Gasteiger charge is -2.17. The number of hydrogen-bond acceptors (Lipinski definition) is 4. The molecule has 0 radical (unpaired) electrons. The number of amides is 1.